The Balaban J connectivity index is 0.00000160. The number of rotatable bonds is 10. The van der Waals surface area contributed by atoms with Gasteiger partial charge in [0.15, 0.2) is 17.2 Å². The second-order valence-corrected chi connectivity index (χ2v) is 10.4. The molecule has 1 unspecified atom stereocenters. The Kier molecular flexibility index (Phi) is 11.1. The maximum Gasteiger partial charge on any atom is 0.435 e. The van der Waals surface area contributed by atoms with Gasteiger partial charge in [-0.2, -0.15) is 18.3 Å². The first-order chi connectivity index (χ1) is 22.4. The van der Waals surface area contributed by atoms with Crippen LogP contribution < -0.4 is 16.4 Å². The van der Waals surface area contributed by atoms with Crippen LogP contribution in [0.4, 0.5) is 33.5 Å². The van der Waals surface area contributed by atoms with Crippen LogP contribution in [0.1, 0.15) is 41.4 Å². The lowest BCUT2D eigenvalue weighted by atomic mass is 10.0. The smallest absolute Gasteiger partial charge is 0.435 e. The number of aromatic nitrogens is 5. The van der Waals surface area contributed by atoms with E-state index in [9.17, 15) is 31.5 Å². The van der Waals surface area contributed by atoms with Crippen LogP contribution in [-0.2, 0) is 28.7 Å². The molecule has 47 heavy (non-hydrogen) atoms. The summed E-state index contributed by atoms with van der Waals surface area (Å²) >= 11 is 0. The predicted molar refractivity (Wildman–Crippen MR) is 159 cm³/mol. The van der Waals surface area contributed by atoms with Crippen molar-refractivity contribution in [1.82, 2.24) is 34.4 Å². The van der Waals surface area contributed by atoms with E-state index in [2.05, 4.69) is 25.7 Å². The first kappa shape index (κ1) is 34.7. The Morgan fingerprint density at radius 3 is 2.64 bits per heavy atom. The molecular weight excluding hydrogens is 633 g/mol. The fraction of sp³-hybridized carbons (Fsp3) is 0.379. The largest absolute Gasteiger partial charge is 0.483 e. The number of carbonyl (C=O) groups is 3. The summed E-state index contributed by atoms with van der Waals surface area (Å²) < 4.78 is 68.9. The fourth-order valence-electron chi connectivity index (χ4n) is 5.34. The molecule has 4 aromatic rings. The van der Waals surface area contributed by atoms with Crippen molar-refractivity contribution in [2.45, 2.75) is 51.4 Å². The number of hydrogen-bond donors (Lipinski definition) is 4. The SMILES string of the molecule is CCc1cc(Nc2nccn3c(-c4cn(CC(F)F)nc4C(F)(F)F)cnc23)ccc1C(=O)NCC(=O)N1CCCC1CN.O=CO. The van der Waals surface area contributed by atoms with Gasteiger partial charge in [0.2, 0.25) is 5.91 Å². The number of nitrogens with one attached hydrogen (secondary N) is 2. The molecule has 0 spiro atoms. The number of amides is 2. The van der Waals surface area contributed by atoms with Gasteiger partial charge in [0, 0.05) is 49.0 Å². The second-order valence-electron chi connectivity index (χ2n) is 10.4. The molecule has 4 heterocycles. The number of imidazole rings is 1. The summed E-state index contributed by atoms with van der Waals surface area (Å²) in [6.07, 6.45) is -0.722. The second kappa shape index (κ2) is 15.0. The minimum absolute atomic E-state index is 0.0131. The van der Waals surface area contributed by atoms with Gasteiger partial charge in [0.05, 0.1) is 24.0 Å². The summed E-state index contributed by atoms with van der Waals surface area (Å²) in [5.41, 5.74) is 5.78. The lowest BCUT2D eigenvalue weighted by Crippen LogP contribution is -2.45. The van der Waals surface area contributed by atoms with Crippen molar-refractivity contribution < 1.29 is 41.4 Å². The Bertz CT molecular complexity index is 1720. The highest BCUT2D eigenvalue weighted by molar-refractivity contribution is 5.98. The number of fused-ring (bicyclic) bond motifs is 1. The number of halogens is 5. The molecule has 0 bridgehead atoms. The molecule has 1 saturated heterocycles. The first-order valence-electron chi connectivity index (χ1n) is 14.4. The predicted octanol–water partition coefficient (Wildman–Crippen LogP) is 3.56. The molecule has 0 saturated carbocycles. The van der Waals surface area contributed by atoms with Gasteiger partial charge in [0.1, 0.15) is 6.54 Å². The highest BCUT2D eigenvalue weighted by Crippen LogP contribution is 2.37. The lowest BCUT2D eigenvalue weighted by molar-refractivity contribution is -0.141. The van der Waals surface area contributed by atoms with Crippen LogP contribution in [-0.4, -0.2) is 84.5 Å². The van der Waals surface area contributed by atoms with Gasteiger partial charge >= 0.3 is 6.18 Å². The molecule has 0 aliphatic carbocycles. The maximum absolute atomic E-state index is 13.7. The third-order valence-electron chi connectivity index (χ3n) is 7.42. The topological polar surface area (TPSA) is 173 Å². The van der Waals surface area contributed by atoms with Gasteiger partial charge in [0.25, 0.3) is 18.8 Å². The highest BCUT2D eigenvalue weighted by atomic mass is 19.4. The van der Waals surface area contributed by atoms with Gasteiger partial charge in [-0.3, -0.25) is 23.5 Å². The van der Waals surface area contributed by atoms with E-state index in [1.54, 1.807) is 23.1 Å². The van der Waals surface area contributed by atoms with Gasteiger partial charge in [-0.15, -0.1) is 0 Å². The number of anilines is 2. The van der Waals surface area contributed by atoms with E-state index in [1.807, 2.05) is 6.92 Å². The van der Waals surface area contributed by atoms with Crippen LogP contribution in [0.15, 0.2) is 43.0 Å². The molecule has 1 atom stereocenters. The van der Waals surface area contributed by atoms with Gasteiger partial charge in [-0.05, 0) is 43.0 Å². The number of likely N-dealkylation sites (tertiary alicyclic amines) is 1. The van der Waals surface area contributed by atoms with Crippen molar-refractivity contribution in [2.24, 2.45) is 5.73 Å². The van der Waals surface area contributed by atoms with Crippen molar-refractivity contribution >= 4 is 35.4 Å². The van der Waals surface area contributed by atoms with E-state index in [-0.39, 0.29) is 42.1 Å². The van der Waals surface area contributed by atoms with Crippen molar-refractivity contribution in [3.63, 3.8) is 0 Å². The number of alkyl halides is 5. The average Bonchev–Trinajstić information content (AvgIpc) is 3.78. The highest BCUT2D eigenvalue weighted by Gasteiger charge is 2.38. The van der Waals surface area contributed by atoms with Gasteiger partial charge in [-0.25, -0.2) is 18.7 Å². The summed E-state index contributed by atoms with van der Waals surface area (Å²) in [4.78, 5) is 44.1. The Labute approximate surface area is 264 Å². The minimum Gasteiger partial charge on any atom is -0.483 e. The number of nitrogens with zero attached hydrogens (tertiary/aromatic N) is 6. The summed E-state index contributed by atoms with van der Waals surface area (Å²) in [7, 11) is 0. The summed E-state index contributed by atoms with van der Waals surface area (Å²) in [6, 6.07) is 4.94. The van der Waals surface area contributed by atoms with Crippen LogP contribution >= 0.6 is 0 Å². The summed E-state index contributed by atoms with van der Waals surface area (Å²) in [5.74, 6) is -0.391. The van der Waals surface area contributed by atoms with Crippen molar-refractivity contribution in [3.8, 4) is 11.3 Å². The molecule has 1 aromatic carbocycles. The van der Waals surface area contributed by atoms with Crippen LogP contribution in [0.5, 0.6) is 0 Å². The third-order valence-corrected chi connectivity index (χ3v) is 7.42. The molecule has 5 N–H and O–H groups in total. The van der Waals surface area contributed by atoms with E-state index in [1.165, 1.54) is 23.0 Å². The average molecular weight is 666 g/mol. The maximum atomic E-state index is 13.7. The van der Waals surface area contributed by atoms with E-state index in [0.717, 1.165) is 19.0 Å². The molecular formula is C29H32F5N9O4. The zero-order valence-electron chi connectivity index (χ0n) is 25.0. The number of nitrogens with two attached hydrogens (primary N) is 1. The van der Waals surface area contributed by atoms with Gasteiger partial charge in [-0.1, -0.05) is 6.92 Å². The lowest BCUT2D eigenvalue weighted by Gasteiger charge is -2.23. The number of carbonyl (C=O) groups excluding carboxylic acids is 2. The molecule has 1 aliphatic heterocycles. The molecule has 5 rings (SSSR count). The number of hydrogen-bond acceptors (Lipinski definition) is 8. The van der Waals surface area contributed by atoms with Crippen LogP contribution in [0, 0.1) is 0 Å². The van der Waals surface area contributed by atoms with Crippen molar-refractivity contribution in [2.75, 3.05) is 25.0 Å². The molecule has 2 amide bonds. The van der Waals surface area contributed by atoms with Crippen LogP contribution in [0.25, 0.3) is 16.9 Å². The third kappa shape index (κ3) is 8.00. The molecule has 1 aliphatic rings. The van der Waals surface area contributed by atoms with Crippen molar-refractivity contribution in [1.29, 1.82) is 0 Å². The van der Waals surface area contributed by atoms with Gasteiger partial charge < -0.3 is 26.4 Å². The van der Waals surface area contributed by atoms with Crippen LogP contribution in [0.3, 0.4) is 0 Å². The summed E-state index contributed by atoms with van der Waals surface area (Å²) in [6.45, 7) is 1.46. The summed E-state index contributed by atoms with van der Waals surface area (Å²) in [5, 5.41) is 16.0. The first-order valence-corrected chi connectivity index (χ1v) is 14.4. The van der Waals surface area contributed by atoms with E-state index in [0.29, 0.717) is 41.0 Å². The Morgan fingerprint density at radius 1 is 1.23 bits per heavy atom. The minimum atomic E-state index is -4.89. The molecule has 18 heteroatoms. The number of benzene rings is 1. The molecule has 13 nitrogen and oxygen atoms in total. The molecule has 0 radical (unpaired) electrons. The molecule has 1 fully saturated rings. The number of aryl methyl sites for hydroxylation is 1. The Hall–Kier alpha value is -5.13. The zero-order valence-corrected chi connectivity index (χ0v) is 25.0. The normalized spacial score (nSPS) is 14.6. The fourth-order valence-corrected chi connectivity index (χ4v) is 5.34. The van der Waals surface area contributed by atoms with Crippen LogP contribution in [0.2, 0.25) is 0 Å². The van der Waals surface area contributed by atoms with E-state index >= 15 is 0 Å². The molecule has 252 valence electrons. The quantitative estimate of drug-likeness (QED) is 0.146. The standard InChI is InChI=1S/C28H30F5N9O2.CH2O2/c1-2-16-10-17(5-6-19(16)27(44)37-13-23(43)41-8-3-4-18(41)11-34)38-25-26-36-12-21(42(26)9-7-35-25)20-14-40(15-22(29)30)39-24(20)28(31,32)33;2-1-3/h5-7,9-10,12,14,18,22H,2-4,8,11,13,15,34H2,1H3,(H,35,38)(H,37,44);1H,(H,2,3). The zero-order chi connectivity index (χ0) is 34.3. The van der Waals surface area contributed by atoms with E-state index in [4.69, 9.17) is 15.6 Å². The molecule has 3 aromatic heterocycles. The van der Waals surface area contributed by atoms with E-state index < -0.39 is 36.3 Å². The Morgan fingerprint density at radius 2 is 1.98 bits per heavy atom. The number of carboxylic acid groups (broad SMARTS) is 1. The monoisotopic (exact) mass is 665 g/mol. The van der Waals surface area contributed by atoms with Crippen molar-refractivity contribution in [3.05, 3.63) is 59.8 Å².